The van der Waals surface area contributed by atoms with Crippen molar-refractivity contribution in [2.75, 3.05) is 19.8 Å². The van der Waals surface area contributed by atoms with Crippen molar-refractivity contribution in [2.24, 2.45) is 4.99 Å². The van der Waals surface area contributed by atoms with Crippen LogP contribution in [0.25, 0.3) is 0 Å². The van der Waals surface area contributed by atoms with Crippen LogP contribution in [0.15, 0.2) is 53.5 Å². The highest BCUT2D eigenvalue weighted by molar-refractivity contribution is 6.00. The molecule has 1 heterocycles. The van der Waals surface area contributed by atoms with Gasteiger partial charge in [0.1, 0.15) is 18.0 Å². The van der Waals surface area contributed by atoms with Crippen LogP contribution < -0.4 is 15.6 Å². The Balaban J connectivity index is 1.76. The van der Waals surface area contributed by atoms with Crippen LogP contribution in [0.4, 0.5) is 13.2 Å². The van der Waals surface area contributed by atoms with Gasteiger partial charge in [-0.25, -0.2) is 10.4 Å². The largest absolute Gasteiger partial charge is 0.494 e. The average Bonchev–Trinajstić information content (AvgIpc) is 3.33. The van der Waals surface area contributed by atoms with Gasteiger partial charge in [-0.2, -0.15) is 13.2 Å². The molecule has 2 aromatic rings. The zero-order chi connectivity index (χ0) is 29.4. The normalized spacial score (nSPS) is 17.1. The number of alkyl halides is 3. The molecule has 0 bridgehead atoms. The minimum atomic E-state index is -4.55. The fourth-order valence-corrected chi connectivity index (χ4v) is 3.89. The summed E-state index contributed by atoms with van der Waals surface area (Å²) in [6.07, 6.45) is -4.25. The van der Waals surface area contributed by atoms with Crippen LogP contribution in [0.2, 0.25) is 0 Å². The molecule has 3 rings (SSSR count). The van der Waals surface area contributed by atoms with E-state index in [0.29, 0.717) is 24.3 Å². The fraction of sp³-hybridized carbons (Fsp3) is 0.464. The summed E-state index contributed by atoms with van der Waals surface area (Å²) in [5.74, 6) is -0.448. The Labute approximate surface area is 230 Å². The van der Waals surface area contributed by atoms with Crippen LogP contribution in [-0.4, -0.2) is 53.8 Å². The van der Waals surface area contributed by atoms with Gasteiger partial charge in [0.2, 0.25) is 5.90 Å². The number of nitrogens with one attached hydrogen (secondary N) is 2. The number of aliphatic imine (C=N–C) groups is 1. The minimum Gasteiger partial charge on any atom is -0.494 e. The quantitative estimate of drug-likeness (QED) is 0.203. The number of carbonyl (C=O) groups excluding carboxylic acids is 2. The van der Waals surface area contributed by atoms with Crippen molar-refractivity contribution in [3.63, 3.8) is 0 Å². The molecule has 0 saturated heterocycles. The standard InChI is InChI=1S/C28H34F3N3O6/c1-26(2,3)40-23(36)13-14-27(25(37)34-32-17-20-7-4-5-8-22(20)28(29,30)31)18-39-24(33-27)19-9-11-21(12-10-19)38-16-6-15-35/h4-5,7-12,32,35H,6,13-18H2,1-3H3,(H,34,37)/t27-/m0/s1. The molecule has 1 atom stereocenters. The first kappa shape index (κ1) is 30.9. The molecule has 0 fully saturated rings. The minimum absolute atomic E-state index is 0.0138. The van der Waals surface area contributed by atoms with Gasteiger partial charge in [0, 0.05) is 31.6 Å². The van der Waals surface area contributed by atoms with E-state index in [4.69, 9.17) is 19.3 Å². The van der Waals surface area contributed by atoms with E-state index in [1.54, 1.807) is 45.0 Å². The summed E-state index contributed by atoms with van der Waals surface area (Å²) in [6.45, 7) is 5.06. The van der Waals surface area contributed by atoms with Crippen LogP contribution in [0, 0.1) is 0 Å². The average molecular weight is 566 g/mol. The summed E-state index contributed by atoms with van der Waals surface area (Å²) in [5, 5.41) is 8.89. The molecule has 1 aliphatic rings. The third-order valence-corrected chi connectivity index (χ3v) is 5.82. The lowest BCUT2D eigenvalue weighted by atomic mass is 9.94. The molecule has 218 valence electrons. The number of carbonyl (C=O) groups is 2. The Morgan fingerprint density at radius 1 is 1.10 bits per heavy atom. The summed E-state index contributed by atoms with van der Waals surface area (Å²) in [4.78, 5) is 30.3. The third-order valence-electron chi connectivity index (χ3n) is 5.82. The molecular formula is C28H34F3N3O6. The molecule has 0 unspecified atom stereocenters. The third kappa shape index (κ3) is 8.68. The second-order valence-electron chi connectivity index (χ2n) is 10.2. The Hall–Kier alpha value is -3.64. The van der Waals surface area contributed by atoms with Crippen LogP contribution in [0.1, 0.15) is 56.7 Å². The molecule has 0 saturated carbocycles. The molecule has 3 N–H and O–H groups in total. The van der Waals surface area contributed by atoms with Crippen molar-refractivity contribution in [3.05, 3.63) is 65.2 Å². The second kappa shape index (κ2) is 13.1. The van der Waals surface area contributed by atoms with Crippen LogP contribution in [0.5, 0.6) is 5.75 Å². The van der Waals surface area contributed by atoms with Crippen molar-refractivity contribution in [2.45, 2.75) is 63.9 Å². The van der Waals surface area contributed by atoms with Crippen LogP contribution in [-0.2, 0) is 31.8 Å². The maximum atomic E-state index is 13.3. The van der Waals surface area contributed by atoms with Crippen LogP contribution >= 0.6 is 0 Å². The SMILES string of the molecule is CC(C)(C)OC(=O)CC[C@@]1(C(=O)NNCc2ccccc2C(F)(F)F)COC(c2ccc(OCCCO)cc2)=N1. The van der Waals surface area contributed by atoms with Gasteiger partial charge in [-0.05, 0) is 63.1 Å². The van der Waals surface area contributed by atoms with E-state index in [9.17, 15) is 22.8 Å². The number of rotatable bonds is 12. The molecule has 1 aliphatic heterocycles. The highest BCUT2D eigenvalue weighted by Gasteiger charge is 2.45. The second-order valence-corrected chi connectivity index (χ2v) is 10.2. The number of benzene rings is 2. The molecule has 2 aromatic carbocycles. The number of nitrogens with zero attached hydrogens (tertiary/aromatic N) is 1. The Kier molecular flexibility index (Phi) is 10.2. The summed E-state index contributed by atoms with van der Waals surface area (Å²) in [6, 6.07) is 11.8. The summed E-state index contributed by atoms with van der Waals surface area (Å²) in [7, 11) is 0. The zero-order valence-electron chi connectivity index (χ0n) is 22.6. The maximum Gasteiger partial charge on any atom is 0.416 e. The topological polar surface area (TPSA) is 118 Å². The summed E-state index contributed by atoms with van der Waals surface area (Å²) < 4.78 is 56.6. The lowest BCUT2D eigenvalue weighted by molar-refractivity contribution is -0.155. The number of hydrogen-bond acceptors (Lipinski definition) is 8. The molecule has 12 heteroatoms. The first-order valence-electron chi connectivity index (χ1n) is 12.8. The molecule has 1 amide bonds. The molecule has 0 radical (unpaired) electrons. The van der Waals surface area contributed by atoms with E-state index in [2.05, 4.69) is 15.8 Å². The van der Waals surface area contributed by atoms with Crippen molar-refractivity contribution >= 4 is 17.8 Å². The molecule has 0 aromatic heterocycles. The van der Waals surface area contributed by atoms with E-state index in [0.717, 1.165) is 6.07 Å². The first-order chi connectivity index (χ1) is 18.8. The lowest BCUT2D eigenvalue weighted by Crippen LogP contribution is -2.51. The first-order valence-corrected chi connectivity index (χ1v) is 12.8. The maximum absolute atomic E-state index is 13.3. The number of aliphatic hydroxyl groups excluding tert-OH is 1. The number of hydrazine groups is 1. The Bertz CT molecular complexity index is 1200. The smallest absolute Gasteiger partial charge is 0.416 e. The van der Waals surface area contributed by atoms with Gasteiger partial charge in [-0.3, -0.25) is 15.0 Å². The van der Waals surface area contributed by atoms with E-state index < -0.39 is 34.8 Å². The van der Waals surface area contributed by atoms with Gasteiger partial charge in [0.25, 0.3) is 5.91 Å². The highest BCUT2D eigenvalue weighted by atomic mass is 19.4. The Morgan fingerprint density at radius 2 is 1.80 bits per heavy atom. The van der Waals surface area contributed by atoms with Gasteiger partial charge in [-0.1, -0.05) is 18.2 Å². The predicted octanol–water partition coefficient (Wildman–Crippen LogP) is 3.93. The van der Waals surface area contributed by atoms with Gasteiger partial charge >= 0.3 is 12.1 Å². The monoisotopic (exact) mass is 565 g/mol. The predicted molar refractivity (Wildman–Crippen MR) is 140 cm³/mol. The van der Waals surface area contributed by atoms with Crippen molar-refractivity contribution in [1.82, 2.24) is 10.9 Å². The van der Waals surface area contributed by atoms with Gasteiger partial charge in [-0.15, -0.1) is 0 Å². The van der Waals surface area contributed by atoms with E-state index in [-0.39, 0.29) is 44.1 Å². The van der Waals surface area contributed by atoms with Crippen LogP contribution in [0.3, 0.4) is 0 Å². The number of esters is 1. The van der Waals surface area contributed by atoms with E-state index >= 15 is 0 Å². The summed E-state index contributed by atoms with van der Waals surface area (Å²) in [5.41, 5.74) is 2.44. The lowest BCUT2D eigenvalue weighted by Gasteiger charge is -2.24. The highest BCUT2D eigenvalue weighted by Crippen LogP contribution is 2.32. The molecule has 0 spiro atoms. The molecule has 40 heavy (non-hydrogen) atoms. The van der Waals surface area contributed by atoms with E-state index in [1.807, 2.05) is 0 Å². The van der Waals surface area contributed by atoms with E-state index in [1.165, 1.54) is 18.2 Å². The van der Waals surface area contributed by atoms with Crippen molar-refractivity contribution in [1.29, 1.82) is 0 Å². The molecular weight excluding hydrogens is 531 g/mol. The van der Waals surface area contributed by atoms with Gasteiger partial charge < -0.3 is 19.3 Å². The molecule has 9 nitrogen and oxygen atoms in total. The Morgan fingerprint density at radius 3 is 2.45 bits per heavy atom. The zero-order valence-corrected chi connectivity index (χ0v) is 22.6. The van der Waals surface area contributed by atoms with Gasteiger partial charge in [0.15, 0.2) is 5.54 Å². The number of ether oxygens (including phenoxy) is 3. The number of amides is 1. The number of hydrogen-bond donors (Lipinski definition) is 3. The van der Waals surface area contributed by atoms with Crippen molar-refractivity contribution < 1.29 is 42.1 Å². The summed E-state index contributed by atoms with van der Waals surface area (Å²) >= 11 is 0. The fourth-order valence-electron chi connectivity index (χ4n) is 3.89. The molecule has 0 aliphatic carbocycles. The van der Waals surface area contributed by atoms with Gasteiger partial charge in [0.05, 0.1) is 12.2 Å². The number of aliphatic hydroxyl groups is 1. The number of halogens is 3. The van der Waals surface area contributed by atoms with Crippen molar-refractivity contribution in [3.8, 4) is 5.75 Å².